The second-order valence-corrected chi connectivity index (χ2v) is 11.9. The van der Waals surface area contributed by atoms with Crippen molar-refractivity contribution in [1.82, 2.24) is 4.98 Å². The van der Waals surface area contributed by atoms with Crippen LogP contribution in [0.4, 0.5) is 0 Å². The molecule has 0 aliphatic heterocycles. The van der Waals surface area contributed by atoms with E-state index in [9.17, 15) is 5.11 Å². The Bertz CT molecular complexity index is 886. The summed E-state index contributed by atoms with van der Waals surface area (Å²) in [5.74, 6) is 3.62. The Balaban J connectivity index is 1.37. The van der Waals surface area contributed by atoms with Crippen molar-refractivity contribution in [2.75, 3.05) is 0 Å². The van der Waals surface area contributed by atoms with Gasteiger partial charge in [0.15, 0.2) is 0 Å². The molecule has 1 N–H and O–H groups in total. The first-order valence-electron chi connectivity index (χ1n) is 12.8. The number of aliphatic hydroxyl groups is 1. The molecule has 0 amide bonds. The maximum atomic E-state index is 10.3. The number of hydrogen-bond acceptors (Lipinski definition) is 2. The summed E-state index contributed by atoms with van der Waals surface area (Å²) in [6.07, 6.45) is 21.2. The molecule has 4 aliphatic carbocycles. The number of aliphatic hydroxyl groups excluding tert-OH is 1. The van der Waals surface area contributed by atoms with Crippen LogP contribution in [0.25, 0.3) is 6.08 Å². The van der Waals surface area contributed by atoms with Gasteiger partial charge >= 0.3 is 0 Å². The van der Waals surface area contributed by atoms with Gasteiger partial charge in [-0.1, -0.05) is 44.6 Å². The van der Waals surface area contributed by atoms with E-state index in [0.717, 1.165) is 30.6 Å². The minimum atomic E-state index is -0.0607. The fourth-order valence-electron chi connectivity index (χ4n) is 8.45. The Morgan fingerprint density at radius 2 is 1.87 bits per heavy atom. The Kier molecular flexibility index (Phi) is 5.44. The van der Waals surface area contributed by atoms with Crippen LogP contribution < -0.4 is 0 Å². The molecule has 1 aromatic heterocycles. The summed E-state index contributed by atoms with van der Waals surface area (Å²) in [6.45, 7) is 9.79. The average Bonchev–Trinajstić information content (AvgIpc) is 3.11. The number of nitrogens with zero attached hydrogens (tertiary/aromatic N) is 1. The summed E-state index contributed by atoms with van der Waals surface area (Å²) in [5.41, 5.74) is 5.25. The molecule has 31 heavy (non-hydrogen) atoms. The highest BCUT2D eigenvalue weighted by atomic mass is 16.3. The summed E-state index contributed by atoms with van der Waals surface area (Å²) in [4.78, 5) is 4.24. The van der Waals surface area contributed by atoms with Gasteiger partial charge in [0.2, 0.25) is 0 Å². The molecular formula is C29H41NO. The van der Waals surface area contributed by atoms with Crippen molar-refractivity contribution in [1.29, 1.82) is 0 Å². The lowest BCUT2D eigenvalue weighted by Gasteiger charge is -2.57. The first-order valence-corrected chi connectivity index (χ1v) is 12.8. The second kappa shape index (κ2) is 7.87. The van der Waals surface area contributed by atoms with E-state index in [4.69, 9.17) is 0 Å². The van der Waals surface area contributed by atoms with Crippen LogP contribution in [0.15, 0.2) is 36.2 Å². The molecule has 3 saturated carbocycles. The molecule has 168 valence electrons. The van der Waals surface area contributed by atoms with Crippen LogP contribution in [0.3, 0.4) is 0 Å². The summed E-state index contributed by atoms with van der Waals surface area (Å²) in [7, 11) is 0. The molecule has 1 aromatic rings. The molecule has 0 saturated heterocycles. The molecule has 0 spiro atoms. The highest BCUT2D eigenvalue weighted by molar-refractivity contribution is 5.52. The van der Waals surface area contributed by atoms with E-state index in [0.29, 0.717) is 22.7 Å². The van der Waals surface area contributed by atoms with Crippen molar-refractivity contribution in [3.63, 3.8) is 0 Å². The molecule has 0 aromatic carbocycles. The number of aryl methyl sites for hydroxylation is 1. The number of pyridine rings is 1. The highest BCUT2D eigenvalue weighted by Crippen LogP contribution is 2.66. The highest BCUT2D eigenvalue weighted by Gasteiger charge is 2.57. The summed E-state index contributed by atoms with van der Waals surface area (Å²) in [5, 5.41) is 10.3. The lowest BCUT2D eigenvalue weighted by molar-refractivity contribution is -0.0414. The van der Waals surface area contributed by atoms with E-state index in [1.165, 1.54) is 49.7 Å². The van der Waals surface area contributed by atoms with Crippen LogP contribution in [-0.4, -0.2) is 16.2 Å². The van der Waals surface area contributed by atoms with Gasteiger partial charge in [0, 0.05) is 12.4 Å². The zero-order valence-corrected chi connectivity index (χ0v) is 20.0. The fraction of sp³-hybridized carbons (Fsp3) is 0.690. The van der Waals surface area contributed by atoms with Crippen molar-refractivity contribution in [2.24, 2.45) is 40.4 Å². The number of aromatic nitrogens is 1. The summed E-state index contributed by atoms with van der Waals surface area (Å²) in [6, 6.07) is 2.13. The van der Waals surface area contributed by atoms with Crippen LogP contribution in [-0.2, 0) is 0 Å². The van der Waals surface area contributed by atoms with E-state index < -0.39 is 0 Å². The van der Waals surface area contributed by atoms with Gasteiger partial charge in [-0.15, -0.1) is 0 Å². The minimum absolute atomic E-state index is 0.0607. The first-order chi connectivity index (χ1) is 14.8. The van der Waals surface area contributed by atoms with Crippen molar-refractivity contribution < 1.29 is 5.11 Å². The van der Waals surface area contributed by atoms with E-state index in [2.05, 4.69) is 57.0 Å². The van der Waals surface area contributed by atoms with Crippen molar-refractivity contribution in [3.8, 4) is 0 Å². The average molecular weight is 420 g/mol. The van der Waals surface area contributed by atoms with E-state index in [-0.39, 0.29) is 6.10 Å². The number of rotatable bonds is 3. The zero-order chi connectivity index (χ0) is 21.8. The Morgan fingerprint density at radius 1 is 1.10 bits per heavy atom. The molecular weight excluding hydrogens is 378 g/mol. The van der Waals surface area contributed by atoms with Gasteiger partial charge in [-0.2, -0.15) is 0 Å². The Hall–Kier alpha value is -1.41. The SMILES string of the molecule is Cc1cnccc1/C=C/[C@@H](C)[C@H]1CC[C@H]2C3=CC[C@H]4C[C@@H](O)CC[C@]4(C)[C@H]3CC[C@]12C. The zero-order valence-electron chi connectivity index (χ0n) is 20.0. The minimum Gasteiger partial charge on any atom is -0.393 e. The molecule has 8 atom stereocenters. The lowest BCUT2D eigenvalue weighted by atomic mass is 9.47. The van der Waals surface area contributed by atoms with Gasteiger partial charge < -0.3 is 5.11 Å². The van der Waals surface area contributed by atoms with Crippen LogP contribution in [0, 0.1) is 47.3 Å². The van der Waals surface area contributed by atoms with Crippen molar-refractivity contribution in [2.45, 2.75) is 85.2 Å². The normalized spacial score (nSPS) is 43.1. The summed E-state index contributed by atoms with van der Waals surface area (Å²) >= 11 is 0. The van der Waals surface area contributed by atoms with Crippen molar-refractivity contribution >= 4 is 6.08 Å². The van der Waals surface area contributed by atoms with Crippen LogP contribution in [0.1, 0.15) is 83.3 Å². The standard InChI is InChI=1S/C29H41NO/c1-19(5-6-21-13-16-30-18-20(21)2)25-9-10-26-24-8-7-22-17-23(31)11-14-28(22,3)27(24)12-15-29(25,26)4/h5-6,8,13,16,18-19,22-23,25-27,31H,7,9-12,14-15,17H2,1-4H3/b6-5+/t19-,22+,23+,25-,26+,27+,28+,29-/m1/s1. The number of fused-ring (bicyclic) bond motifs is 5. The van der Waals surface area contributed by atoms with Crippen LogP contribution in [0.2, 0.25) is 0 Å². The monoisotopic (exact) mass is 419 g/mol. The van der Waals surface area contributed by atoms with E-state index in [1.807, 2.05) is 18.0 Å². The third-order valence-electron chi connectivity index (χ3n) is 10.4. The van der Waals surface area contributed by atoms with E-state index >= 15 is 0 Å². The van der Waals surface area contributed by atoms with Gasteiger partial charge in [0.1, 0.15) is 0 Å². The van der Waals surface area contributed by atoms with Gasteiger partial charge in [0.25, 0.3) is 0 Å². The smallest absolute Gasteiger partial charge is 0.0543 e. The maximum Gasteiger partial charge on any atom is 0.0543 e. The molecule has 3 fully saturated rings. The molecule has 4 aliphatic rings. The number of hydrogen-bond donors (Lipinski definition) is 1. The van der Waals surface area contributed by atoms with Crippen molar-refractivity contribution in [3.05, 3.63) is 47.3 Å². The topological polar surface area (TPSA) is 33.1 Å². The van der Waals surface area contributed by atoms with Gasteiger partial charge in [-0.05, 0) is 116 Å². The Labute approximate surface area is 189 Å². The first kappa shape index (κ1) is 21.4. The molecule has 2 heteroatoms. The largest absolute Gasteiger partial charge is 0.393 e. The molecule has 1 heterocycles. The van der Waals surface area contributed by atoms with Gasteiger partial charge in [-0.25, -0.2) is 0 Å². The van der Waals surface area contributed by atoms with E-state index in [1.54, 1.807) is 0 Å². The predicted octanol–water partition coefficient (Wildman–Crippen LogP) is 6.98. The van der Waals surface area contributed by atoms with Gasteiger partial charge in [0.05, 0.1) is 6.10 Å². The molecule has 0 radical (unpaired) electrons. The van der Waals surface area contributed by atoms with Crippen LogP contribution >= 0.6 is 0 Å². The third kappa shape index (κ3) is 3.45. The second-order valence-electron chi connectivity index (χ2n) is 11.9. The molecule has 0 bridgehead atoms. The third-order valence-corrected chi connectivity index (χ3v) is 10.4. The molecule has 5 rings (SSSR count). The number of allylic oxidation sites excluding steroid dienone is 3. The maximum absolute atomic E-state index is 10.3. The predicted molar refractivity (Wildman–Crippen MR) is 128 cm³/mol. The van der Waals surface area contributed by atoms with Gasteiger partial charge in [-0.3, -0.25) is 4.98 Å². The van der Waals surface area contributed by atoms with Crippen LogP contribution in [0.5, 0.6) is 0 Å². The lowest BCUT2D eigenvalue weighted by Crippen LogP contribution is -2.49. The molecule has 2 nitrogen and oxygen atoms in total. The summed E-state index contributed by atoms with van der Waals surface area (Å²) < 4.78 is 0. The molecule has 0 unspecified atom stereocenters. The Morgan fingerprint density at radius 3 is 2.68 bits per heavy atom. The quantitative estimate of drug-likeness (QED) is 0.536. The fourth-order valence-corrected chi connectivity index (χ4v) is 8.45.